The maximum atomic E-state index is 11.0. The van der Waals surface area contributed by atoms with Crippen LogP contribution < -0.4 is 0 Å². The van der Waals surface area contributed by atoms with Crippen LogP contribution >= 0.6 is 0 Å². The van der Waals surface area contributed by atoms with Crippen LogP contribution in [-0.2, 0) is 15.9 Å². The Labute approximate surface area is 77.9 Å². The minimum atomic E-state index is -0.531. The molecular weight excluding hydrogens is 172 g/mol. The van der Waals surface area contributed by atoms with Crippen molar-refractivity contribution < 1.29 is 9.29 Å². The molecule has 0 aromatic rings. The number of ether oxygens (including phenoxy) is 1. The molecule has 1 saturated heterocycles. The lowest BCUT2D eigenvalue weighted by Gasteiger charge is -2.24. The molecule has 0 unspecified atom stereocenters. The van der Waals surface area contributed by atoms with E-state index in [0.717, 1.165) is 31.0 Å². The average Bonchev–Trinajstić information content (AvgIpc) is 2.03. The summed E-state index contributed by atoms with van der Waals surface area (Å²) in [7, 11) is 0. The molecule has 1 heterocycles. The Kier molecular flexibility index (Phi) is 4.40. The minimum Gasteiger partial charge on any atom is -0.616 e. The molecule has 0 saturated carbocycles. The summed E-state index contributed by atoms with van der Waals surface area (Å²) in [4.78, 5) is 0. The predicted molar refractivity (Wildman–Crippen MR) is 51.7 cm³/mol. The first-order valence-electron chi connectivity index (χ1n) is 4.65. The second kappa shape index (κ2) is 5.10. The molecule has 1 fully saturated rings. The third-order valence-corrected chi connectivity index (χ3v) is 3.55. The Morgan fingerprint density at radius 3 is 2.50 bits per heavy atom. The number of hydrogen-bond acceptors (Lipinski definition) is 2. The van der Waals surface area contributed by atoms with Gasteiger partial charge in [0.15, 0.2) is 0 Å². The smallest absolute Gasteiger partial charge is 0.105 e. The molecule has 72 valence electrons. The van der Waals surface area contributed by atoms with E-state index >= 15 is 0 Å². The van der Waals surface area contributed by atoms with Gasteiger partial charge < -0.3 is 9.29 Å². The van der Waals surface area contributed by atoms with Crippen molar-refractivity contribution in [3.63, 3.8) is 0 Å². The molecule has 1 rings (SSSR count). The van der Waals surface area contributed by atoms with Crippen molar-refractivity contribution in [1.29, 1.82) is 0 Å². The lowest BCUT2D eigenvalue weighted by Crippen LogP contribution is -2.26. The largest absolute Gasteiger partial charge is 0.616 e. The quantitative estimate of drug-likeness (QED) is 0.633. The summed E-state index contributed by atoms with van der Waals surface area (Å²) in [6, 6.07) is 0. The Bertz CT molecular complexity index is 120. The third kappa shape index (κ3) is 3.78. The van der Waals surface area contributed by atoms with Crippen LogP contribution in [0.1, 0.15) is 26.7 Å². The summed E-state index contributed by atoms with van der Waals surface area (Å²) < 4.78 is 16.5. The molecule has 2 nitrogen and oxygen atoms in total. The second-order valence-electron chi connectivity index (χ2n) is 3.67. The first kappa shape index (κ1) is 10.4. The van der Waals surface area contributed by atoms with Gasteiger partial charge in [-0.25, -0.2) is 0 Å². The van der Waals surface area contributed by atoms with Crippen LogP contribution in [0.5, 0.6) is 0 Å². The Balaban J connectivity index is 2.09. The van der Waals surface area contributed by atoms with Gasteiger partial charge in [-0.1, -0.05) is 11.2 Å². The third-order valence-electron chi connectivity index (χ3n) is 2.17. The van der Waals surface area contributed by atoms with Gasteiger partial charge in [0.25, 0.3) is 0 Å². The number of rotatable bonds is 3. The maximum absolute atomic E-state index is 11.0. The van der Waals surface area contributed by atoms with E-state index in [2.05, 4.69) is 13.8 Å². The predicted octanol–water partition coefficient (Wildman–Crippen LogP) is 1.57. The number of hydrogen-bond donors (Lipinski definition) is 0. The molecule has 0 atom stereocenters. The van der Waals surface area contributed by atoms with E-state index in [4.69, 9.17) is 4.74 Å². The van der Waals surface area contributed by atoms with E-state index in [9.17, 15) is 4.55 Å². The van der Waals surface area contributed by atoms with Gasteiger partial charge in [0.1, 0.15) is 11.5 Å². The zero-order valence-electron chi connectivity index (χ0n) is 7.91. The molecule has 0 amide bonds. The van der Waals surface area contributed by atoms with E-state index in [1.165, 1.54) is 0 Å². The molecule has 12 heavy (non-hydrogen) atoms. The highest BCUT2D eigenvalue weighted by Crippen LogP contribution is 2.19. The van der Waals surface area contributed by atoms with E-state index in [0.29, 0.717) is 12.0 Å². The van der Waals surface area contributed by atoms with Crippen molar-refractivity contribution in [2.24, 2.45) is 5.92 Å². The summed E-state index contributed by atoms with van der Waals surface area (Å²) in [6.45, 7) is 4.97. The molecule has 0 aliphatic carbocycles. The summed E-state index contributed by atoms with van der Waals surface area (Å²) in [5, 5.41) is 0. The minimum absolute atomic E-state index is 0.331. The van der Waals surface area contributed by atoms with Crippen molar-refractivity contribution in [3.8, 4) is 0 Å². The topological polar surface area (TPSA) is 32.3 Å². The fraction of sp³-hybridized carbons (Fsp3) is 1.00. The molecular formula is C9H18O2S. The Morgan fingerprint density at radius 1 is 1.42 bits per heavy atom. The molecule has 0 spiro atoms. The first-order valence-corrected chi connectivity index (χ1v) is 6.14. The summed E-state index contributed by atoms with van der Waals surface area (Å²) in [5.74, 6) is 2.42. The molecule has 0 bridgehead atoms. The van der Waals surface area contributed by atoms with Gasteiger partial charge >= 0.3 is 0 Å². The van der Waals surface area contributed by atoms with Gasteiger partial charge in [-0.2, -0.15) is 0 Å². The van der Waals surface area contributed by atoms with Gasteiger partial charge in [0.2, 0.25) is 0 Å². The van der Waals surface area contributed by atoms with Crippen molar-refractivity contribution in [1.82, 2.24) is 0 Å². The van der Waals surface area contributed by atoms with Gasteiger partial charge in [-0.15, -0.1) is 0 Å². The monoisotopic (exact) mass is 190 g/mol. The molecule has 0 aromatic heterocycles. The van der Waals surface area contributed by atoms with Crippen molar-refractivity contribution in [2.75, 3.05) is 18.1 Å². The lowest BCUT2D eigenvalue weighted by molar-refractivity contribution is 0.0487. The van der Waals surface area contributed by atoms with E-state index in [-0.39, 0.29) is 0 Å². The lowest BCUT2D eigenvalue weighted by atomic mass is 10.0. The fourth-order valence-corrected chi connectivity index (χ4v) is 2.73. The first-order chi connectivity index (χ1) is 5.68. The van der Waals surface area contributed by atoms with Crippen LogP contribution in [0.25, 0.3) is 0 Å². The summed E-state index contributed by atoms with van der Waals surface area (Å²) in [5.41, 5.74) is 0. The normalized spacial score (nSPS) is 31.0. The molecule has 1 aliphatic rings. The Morgan fingerprint density at radius 2 is 2.00 bits per heavy atom. The fourth-order valence-electron chi connectivity index (χ4n) is 1.34. The molecule has 0 aromatic carbocycles. The van der Waals surface area contributed by atoms with E-state index in [1.54, 1.807) is 0 Å². The maximum Gasteiger partial charge on any atom is 0.105 e. The average molecular weight is 190 g/mol. The van der Waals surface area contributed by atoms with Gasteiger partial charge in [-0.05, 0) is 32.6 Å². The molecule has 0 N–H and O–H groups in total. The van der Waals surface area contributed by atoms with Crippen molar-refractivity contribution in [2.45, 2.75) is 32.8 Å². The standard InChI is InChI=1S/C9H18O2S/c1-8(2)11-7-9-3-5-12(10)6-4-9/h8-9H,3-7H2,1-2H3. The molecule has 1 aliphatic heterocycles. The molecule has 0 radical (unpaired) electrons. The van der Waals surface area contributed by atoms with Gasteiger partial charge in [-0.3, -0.25) is 0 Å². The Hall–Kier alpha value is 0.270. The zero-order chi connectivity index (χ0) is 8.97. The van der Waals surface area contributed by atoms with Crippen LogP contribution in [-0.4, -0.2) is 28.8 Å². The summed E-state index contributed by atoms with van der Waals surface area (Å²) in [6.07, 6.45) is 2.50. The van der Waals surface area contributed by atoms with Crippen LogP contribution in [0, 0.1) is 5.92 Å². The van der Waals surface area contributed by atoms with Crippen molar-refractivity contribution >= 4 is 11.2 Å². The van der Waals surface area contributed by atoms with Gasteiger partial charge in [0.05, 0.1) is 12.7 Å². The second-order valence-corrected chi connectivity index (χ2v) is 5.37. The van der Waals surface area contributed by atoms with Crippen LogP contribution in [0.2, 0.25) is 0 Å². The van der Waals surface area contributed by atoms with Gasteiger partial charge in [0, 0.05) is 0 Å². The van der Waals surface area contributed by atoms with Crippen LogP contribution in [0.4, 0.5) is 0 Å². The molecule has 3 heteroatoms. The zero-order valence-corrected chi connectivity index (χ0v) is 8.73. The van der Waals surface area contributed by atoms with Crippen LogP contribution in [0.3, 0.4) is 0 Å². The van der Waals surface area contributed by atoms with E-state index < -0.39 is 11.2 Å². The van der Waals surface area contributed by atoms with E-state index in [1.807, 2.05) is 0 Å². The van der Waals surface area contributed by atoms with Crippen molar-refractivity contribution in [3.05, 3.63) is 0 Å². The highest BCUT2D eigenvalue weighted by Gasteiger charge is 2.21. The van der Waals surface area contributed by atoms with Crippen LogP contribution in [0.15, 0.2) is 0 Å². The SMILES string of the molecule is CC(C)OCC1CC[S+]([O-])CC1. The highest BCUT2D eigenvalue weighted by atomic mass is 32.2. The highest BCUT2D eigenvalue weighted by molar-refractivity contribution is 7.91. The summed E-state index contributed by atoms with van der Waals surface area (Å²) >= 11 is -0.531.